The molecule has 2 atom stereocenters. The number of fused-ring (bicyclic) bond motifs is 2. The Morgan fingerprint density at radius 3 is 2.36 bits per heavy atom. The van der Waals surface area contributed by atoms with Crippen molar-refractivity contribution in [2.75, 3.05) is 13.1 Å². The molecule has 1 saturated carbocycles. The summed E-state index contributed by atoms with van der Waals surface area (Å²) in [6.07, 6.45) is -0.846. The van der Waals surface area contributed by atoms with Gasteiger partial charge in [0, 0.05) is 50.4 Å². The highest BCUT2D eigenvalue weighted by Gasteiger charge is 2.61. The van der Waals surface area contributed by atoms with Crippen molar-refractivity contribution in [1.82, 2.24) is 23.9 Å². The van der Waals surface area contributed by atoms with Crippen molar-refractivity contribution in [3.05, 3.63) is 51.9 Å². The third kappa shape index (κ3) is 4.94. The van der Waals surface area contributed by atoms with E-state index in [2.05, 4.69) is 31.7 Å². The highest BCUT2D eigenvalue weighted by molar-refractivity contribution is 5.78. The minimum absolute atomic E-state index is 0.0616. The van der Waals surface area contributed by atoms with Crippen molar-refractivity contribution < 1.29 is 9.90 Å². The van der Waals surface area contributed by atoms with Gasteiger partial charge in [-0.15, -0.1) is 0 Å². The van der Waals surface area contributed by atoms with Gasteiger partial charge in [-0.05, 0) is 67.9 Å². The fourth-order valence-corrected chi connectivity index (χ4v) is 6.26. The SMILES string of the molecule is Cn1c(=O)n(CC(C)(C)C)c2ccc(-c3cc(CN4CC5C(C4)C5N(C(=O)O)C(C)(C)C)ccc3C#N)nc21. The molecule has 9 nitrogen and oxygen atoms in total. The summed E-state index contributed by atoms with van der Waals surface area (Å²) in [7, 11) is 1.74. The molecule has 1 aromatic carbocycles. The zero-order valence-corrected chi connectivity index (χ0v) is 23.9. The maximum atomic E-state index is 13.0. The number of amides is 1. The van der Waals surface area contributed by atoms with E-state index in [1.807, 2.05) is 51.1 Å². The van der Waals surface area contributed by atoms with Gasteiger partial charge in [-0.2, -0.15) is 5.26 Å². The molecule has 1 saturated heterocycles. The van der Waals surface area contributed by atoms with Gasteiger partial charge in [-0.3, -0.25) is 18.9 Å². The molecule has 39 heavy (non-hydrogen) atoms. The average molecular weight is 531 g/mol. The first-order chi connectivity index (χ1) is 18.2. The monoisotopic (exact) mass is 530 g/mol. The molecular weight excluding hydrogens is 492 g/mol. The maximum absolute atomic E-state index is 13.0. The summed E-state index contributed by atoms with van der Waals surface area (Å²) >= 11 is 0. The van der Waals surface area contributed by atoms with Gasteiger partial charge in [0.05, 0.1) is 22.8 Å². The number of piperidine rings is 1. The summed E-state index contributed by atoms with van der Waals surface area (Å²) in [5.41, 5.74) is 3.84. The van der Waals surface area contributed by atoms with Crippen LogP contribution in [-0.4, -0.2) is 59.8 Å². The molecule has 2 aliphatic rings. The maximum Gasteiger partial charge on any atom is 0.408 e. The van der Waals surface area contributed by atoms with Crippen LogP contribution in [0.25, 0.3) is 22.4 Å². The van der Waals surface area contributed by atoms with E-state index >= 15 is 0 Å². The molecule has 0 bridgehead atoms. The summed E-state index contributed by atoms with van der Waals surface area (Å²) in [5.74, 6) is 0.723. The summed E-state index contributed by atoms with van der Waals surface area (Å²) < 4.78 is 3.34. The molecule has 206 valence electrons. The number of aromatic nitrogens is 3. The van der Waals surface area contributed by atoms with E-state index in [1.165, 1.54) is 0 Å². The van der Waals surface area contributed by atoms with E-state index in [9.17, 15) is 20.0 Å². The molecule has 9 heteroatoms. The molecule has 3 aromatic rings. The van der Waals surface area contributed by atoms with Crippen LogP contribution in [0, 0.1) is 28.6 Å². The standard InChI is InChI=1S/C30H38N6O3/c1-29(2,3)17-35-24-11-10-23(32-26(24)33(7)27(35)37)20-12-18(8-9-19(20)13-31)14-34-15-21-22(16-34)25(21)36(28(38)39)30(4,5)6/h8-12,21-22,25H,14-17H2,1-7H3,(H,38,39). The second-order valence-corrected chi connectivity index (χ2v) is 13.4. The first-order valence-electron chi connectivity index (χ1n) is 13.5. The number of carboxylic acid groups (broad SMARTS) is 1. The fourth-order valence-electron chi connectivity index (χ4n) is 6.26. The van der Waals surface area contributed by atoms with Crippen LogP contribution in [0.2, 0.25) is 0 Å². The molecule has 0 spiro atoms. The van der Waals surface area contributed by atoms with Crippen molar-refractivity contribution in [3.8, 4) is 17.3 Å². The van der Waals surface area contributed by atoms with Crippen LogP contribution in [0.1, 0.15) is 52.7 Å². The Balaban J connectivity index is 1.38. The lowest BCUT2D eigenvalue weighted by Crippen LogP contribution is -2.49. The van der Waals surface area contributed by atoms with Crippen LogP contribution in [0.5, 0.6) is 0 Å². The van der Waals surface area contributed by atoms with E-state index in [1.54, 1.807) is 21.1 Å². The predicted octanol–water partition coefficient (Wildman–Crippen LogP) is 4.53. The van der Waals surface area contributed by atoms with Crippen LogP contribution in [-0.2, 0) is 20.1 Å². The third-order valence-electron chi connectivity index (χ3n) is 7.95. The van der Waals surface area contributed by atoms with Crippen LogP contribution in [0.3, 0.4) is 0 Å². The number of nitriles is 1. The lowest BCUT2D eigenvalue weighted by molar-refractivity contribution is 0.0811. The summed E-state index contributed by atoms with van der Waals surface area (Å²) in [6.45, 7) is 15.2. The van der Waals surface area contributed by atoms with Gasteiger partial charge in [0.25, 0.3) is 0 Å². The van der Waals surface area contributed by atoms with Gasteiger partial charge in [0.15, 0.2) is 5.65 Å². The Kier molecular flexibility index (Phi) is 6.38. The van der Waals surface area contributed by atoms with Crippen LogP contribution >= 0.6 is 0 Å². The van der Waals surface area contributed by atoms with Crippen molar-refractivity contribution in [1.29, 1.82) is 5.26 Å². The predicted molar refractivity (Wildman–Crippen MR) is 150 cm³/mol. The molecular formula is C30H38N6O3. The van der Waals surface area contributed by atoms with Gasteiger partial charge < -0.3 is 5.11 Å². The Hall–Kier alpha value is -3.64. The summed E-state index contributed by atoms with van der Waals surface area (Å²) in [5, 5.41) is 19.6. The third-order valence-corrected chi connectivity index (χ3v) is 7.95. The second-order valence-electron chi connectivity index (χ2n) is 13.4. The Bertz CT molecular complexity index is 1540. The van der Waals surface area contributed by atoms with Crippen LogP contribution in [0.15, 0.2) is 35.1 Å². The topological polar surface area (TPSA) is 107 Å². The van der Waals surface area contributed by atoms with E-state index in [0.29, 0.717) is 35.3 Å². The molecule has 2 fully saturated rings. The Labute approximate surface area is 229 Å². The van der Waals surface area contributed by atoms with E-state index in [4.69, 9.17) is 4.98 Å². The lowest BCUT2D eigenvalue weighted by Gasteiger charge is -2.35. The normalized spacial score (nSPS) is 21.1. The Morgan fingerprint density at radius 1 is 1.13 bits per heavy atom. The van der Waals surface area contributed by atoms with E-state index < -0.39 is 11.6 Å². The number of hydrogen-bond acceptors (Lipinski definition) is 5. The van der Waals surface area contributed by atoms with Crippen molar-refractivity contribution in [2.24, 2.45) is 24.3 Å². The number of carbonyl (C=O) groups is 1. The Morgan fingerprint density at radius 2 is 1.79 bits per heavy atom. The number of pyridine rings is 1. The molecule has 1 N–H and O–H groups in total. The van der Waals surface area contributed by atoms with E-state index in [0.717, 1.165) is 36.3 Å². The largest absolute Gasteiger partial charge is 0.465 e. The average Bonchev–Trinajstić information content (AvgIpc) is 3.19. The molecule has 1 aliphatic carbocycles. The number of aryl methyl sites for hydroxylation is 1. The van der Waals surface area contributed by atoms with Gasteiger partial charge in [-0.25, -0.2) is 14.6 Å². The van der Waals surface area contributed by atoms with E-state index in [-0.39, 0.29) is 17.1 Å². The zero-order valence-electron chi connectivity index (χ0n) is 23.9. The molecule has 2 aromatic heterocycles. The van der Waals surface area contributed by atoms with Crippen molar-refractivity contribution in [2.45, 2.75) is 66.2 Å². The highest BCUT2D eigenvalue weighted by atomic mass is 16.4. The number of hydrogen-bond donors (Lipinski definition) is 1. The molecule has 1 amide bonds. The molecule has 3 heterocycles. The first-order valence-corrected chi connectivity index (χ1v) is 13.5. The summed E-state index contributed by atoms with van der Waals surface area (Å²) in [4.78, 5) is 33.7. The fraction of sp³-hybridized carbons (Fsp3) is 0.533. The number of imidazole rings is 1. The molecule has 1 aliphatic heterocycles. The zero-order chi connectivity index (χ0) is 28.4. The molecule has 0 radical (unpaired) electrons. The second kappa shape index (κ2) is 9.23. The van der Waals surface area contributed by atoms with Crippen molar-refractivity contribution in [3.63, 3.8) is 0 Å². The quantitative estimate of drug-likeness (QED) is 0.519. The smallest absolute Gasteiger partial charge is 0.408 e. The van der Waals surface area contributed by atoms with Gasteiger partial charge in [0.2, 0.25) is 0 Å². The van der Waals surface area contributed by atoms with Crippen LogP contribution in [0.4, 0.5) is 4.79 Å². The summed E-state index contributed by atoms with van der Waals surface area (Å²) in [6, 6.07) is 12.0. The lowest BCUT2D eigenvalue weighted by atomic mass is 9.97. The number of nitrogens with zero attached hydrogens (tertiary/aromatic N) is 6. The van der Waals surface area contributed by atoms with Gasteiger partial charge in [0.1, 0.15) is 0 Å². The minimum atomic E-state index is -0.846. The van der Waals surface area contributed by atoms with Crippen LogP contribution < -0.4 is 5.69 Å². The minimum Gasteiger partial charge on any atom is -0.465 e. The number of benzene rings is 1. The number of rotatable bonds is 5. The molecule has 5 rings (SSSR count). The molecule has 2 unspecified atom stereocenters. The van der Waals surface area contributed by atoms with Gasteiger partial charge >= 0.3 is 11.8 Å². The van der Waals surface area contributed by atoms with Crippen molar-refractivity contribution >= 4 is 17.3 Å². The van der Waals surface area contributed by atoms with Gasteiger partial charge in [-0.1, -0.05) is 26.8 Å². The highest BCUT2D eigenvalue weighted by Crippen LogP contribution is 2.51. The first kappa shape index (κ1) is 26.9. The number of likely N-dealkylation sites (tertiary alicyclic amines) is 1.